The highest BCUT2D eigenvalue weighted by atomic mass is 28.4. The number of allylic oxidation sites excluding steroid dienone is 7. The second-order valence-electron chi connectivity index (χ2n) is 10.3. The molecule has 1 aliphatic heterocycles. The van der Waals surface area contributed by atoms with Gasteiger partial charge in [-0.1, -0.05) is 82.2 Å². The van der Waals surface area contributed by atoms with Crippen LogP contribution in [-0.2, 0) is 13.9 Å². The Morgan fingerprint density at radius 1 is 0.912 bits per heavy atom. The second kappa shape index (κ2) is 18.0. The molecule has 1 rings (SSSR count). The van der Waals surface area contributed by atoms with Gasteiger partial charge in [0.15, 0.2) is 14.6 Å². The Morgan fingerprint density at radius 3 is 2.21 bits per heavy atom. The third-order valence-electron chi connectivity index (χ3n) is 6.31. The smallest absolute Gasteiger partial charge is 0.192 e. The lowest BCUT2D eigenvalue weighted by molar-refractivity contribution is -0.0457. The van der Waals surface area contributed by atoms with Gasteiger partial charge in [-0.2, -0.15) is 0 Å². The summed E-state index contributed by atoms with van der Waals surface area (Å²) in [6, 6.07) is 0. The molecule has 0 aliphatic carbocycles. The van der Waals surface area contributed by atoms with E-state index in [-0.39, 0.29) is 17.4 Å². The van der Waals surface area contributed by atoms with Crippen LogP contribution in [0.1, 0.15) is 85.5 Å². The first kappa shape index (κ1) is 30.6. The standard InChI is InChI=1S/C30H50O3Si/c1-7-8-20-23-28(33-34(5,6)30(2,3)4)24-21-18-16-14-12-10-9-11-13-15-17-19-22-25-29-31-26-27-32-29/h8,10-13,17,19-20,28-29H,7,9,14-15,21-27H2,1-6H3/b12-10-,13-11-,19-17-,20-8-/t28-/m1/s1. The molecule has 0 saturated carbocycles. The normalized spacial score (nSPS) is 16.9. The monoisotopic (exact) mass is 486 g/mol. The van der Waals surface area contributed by atoms with Gasteiger partial charge in [0.05, 0.1) is 13.2 Å². The van der Waals surface area contributed by atoms with Crippen LogP contribution in [0, 0.1) is 11.8 Å². The van der Waals surface area contributed by atoms with Crippen LogP contribution in [0.2, 0.25) is 18.1 Å². The molecule has 0 amide bonds. The SMILES string of the molecule is CC/C=C\C[C@H](CCC#CC/C=C\C/C=C\C/C=C\CCC1OCCO1)O[Si](C)(C)C(C)(C)C. The van der Waals surface area contributed by atoms with Crippen molar-refractivity contribution in [3.05, 3.63) is 48.6 Å². The summed E-state index contributed by atoms with van der Waals surface area (Å²) in [5.74, 6) is 6.64. The molecule has 3 nitrogen and oxygen atoms in total. The molecule has 0 aromatic heterocycles. The first-order chi connectivity index (χ1) is 16.3. The van der Waals surface area contributed by atoms with Crippen LogP contribution in [0.4, 0.5) is 0 Å². The van der Waals surface area contributed by atoms with Gasteiger partial charge in [-0.25, -0.2) is 0 Å². The van der Waals surface area contributed by atoms with E-state index in [1.165, 1.54) is 0 Å². The maximum Gasteiger partial charge on any atom is 0.192 e. The van der Waals surface area contributed by atoms with Crippen LogP contribution in [-0.4, -0.2) is 33.9 Å². The van der Waals surface area contributed by atoms with E-state index in [1.54, 1.807) is 0 Å². The zero-order valence-electron chi connectivity index (χ0n) is 22.8. The van der Waals surface area contributed by atoms with Crippen molar-refractivity contribution in [2.45, 2.75) is 116 Å². The fraction of sp³-hybridized carbons (Fsp3) is 0.667. The first-order valence-electron chi connectivity index (χ1n) is 13.2. The fourth-order valence-electron chi connectivity index (χ4n) is 3.24. The van der Waals surface area contributed by atoms with Gasteiger partial charge in [-0.3, -0.25) is 0 Å². The quantitative estimate of drug-likeness (QED) is 0.132. The lowest BCUT2D eigenvalue weighted by Gasteiger charge is -2.39. The summed E-state index contributed by atoms with van der Waals surface area (Å²) in [4.78, 5) is 0. The molecule has 0 spiro atoms. The Balaban J connectivity index is 2.21. The summed E-state index contributed by atoms with van der Waals surface area (Å²) in [6.45, 7) is 15.2. The summed E-state index contributed by atoms with van der Waals surface area (Å²) < 4.78 is 17.5. The summed E-state index contributed by atoms with van der Waals surface area (Å²) >= 11 is 0. The van der Waals surface area contributed by atoms with Crippen LogP contribution >= 0.6 is 0 Å². The van der Waals surface area contributed by atoms with Gasteiger partial charge >= 0.3 is 0 Å². The van der Waals surface area contributed by atoms with Crippen molar-refractivity contribution < 1.29 is 13.9 Å². The van der Waals surface area contributed by atoms with Crippen LogP contribution in [0.25, 0.3) is 0 Å². The highest BCUT2D eigenvalue weighted by Crippen LogP contribution is 2.38. The van der Waals surface area contributed by atoms with Gasteiger partial charge in [0.25, 0.3) is 0 Å². The summed E-state index contributed by atoms with van der Waals surface area (Å²) in [5.41, 5.74) is 0. The largest absolute Gasteiger partial charge is 0.414 e. The fourth-order valence-corrected chi connectivity index (χ4v) is 4.64. The zero-order valence-corrected chi connectivity index (χ0v) is 23.8. The van der Waals surface area contributed by atoms with Gasteiger partial charge < -0.3 is 13.9 Å². The number of hydrogen-bond acceptors (Lipinski definition) is 3. The molecule has 34 heavy (non-hydrogen) atoms. The van der Waals surface area contributed by atoms with E-state index in [9.17, 15) is 0 Å². The highest BCUT2D eigenvalue weighted by molar-refractivity contribution is 6.74. The van der Waals surface area contributed by atoms with E-state index in [4.69, 9.17) is 13.9 Å². The molecule has 1 heterocycles. The average molecular weight is 487 g/mol. The Bertz CT molecular complexity index is 695. The molecule has 0 aromatic rings. The molecule has 4 heteroatoms. The van der Waals surface area contributed by atoms with Gasteiger partial charge in [-0.05, 0) is 56.7 Å². The van der Waals surface area contributed by atoms with E-state index in [1.807, 2.05) is 0 Å². The lowest BCUT2D eigenvalue weighted by Crippen LogP contribution is -2.43. The van der Waals surface area contributed by atoms with Crippen LogP contribution in [0.5, 0.6) is 0 Å². The number of ether oxygens (including phenoxy) is 2. The summed E-state index contributed by atoms with van der Waals surface area (Å²) in [7, 11) is -1.75. The van der Waals surface area contributed by atoms with Crippen molar-refractivity contribution in [3.63, 3.8) is 0 Å². The molecule has 192 valence electrons. The van der Waals surface area contributed by atoms with Gasteiger partial charge in [0.1, 0.15) is 0 Å². The van der Waals surface area contributed by atoms with Gasteiger partial charge in [-0.15, -0.1) is 5.92 Å². The van der Waals surface area contributed by atoms with Crippen molar-refractivity contribution in [2.75, 3.05) is 13.2 Å². The molecule has 1 aliphatic rings. The molecule has 0 aromatic carbocycles. The molecular formula is C30H50O3Si. The van der Waals surface area contributed by atoms with Crippen molar-refractivity contribution in [1.29, 1.82) is 0 Å². The van der Waals surface area contributed by atoms with E-state index in [0.29, 0.717) is 0 Å². The van der Waals surface area contributed by atoms with Crippen molar-refractivity contribution in [2.24, 2.45) is 0 Å². The average Bonchev–Trinajstić information content (AvgIpc) is 3.29. The van der Waals surface area contributed by atoms with E-state index in [2.05, 4.69) is 101 Å². The maximum absolute atomic E-state index is 6.67. The molecule has 0 radical (unpaired) electrons. The molecular weight excluding hydrogens is 436 g/mol. The molecule has 0 unspecified atom stereocenters. The Morgan fingerprint density at radius 2 is 1.56 bits per heavy atom. The Hall–Kier alpha value is -1.38. The lowest BCUT2D eigenvalue weighted by atomic mass is 10.1. The number of rotatable bonds is 15. The minimum atomic E-state index is -1.75. The topological polar surface area (TPSA) is 27.7 Å². The Labute approximate surface area is 211 Å². The Kier molecular flexibility index (Phi) is 16.2. The van der Waals surface area contributed by atoms with Crippen LogP contribution in [0.3, 0.4) is 0 Å². The predicted octanol–water partition coefficient (Wildman–Crippen LogP) is 8.51. The van der Waals surface area contributed by atoms with Gasteiger partial charge in [0.2, 0.25) is 0 Å². The molecule has 0 bridgehead atoms. The van der Waals surface area contributed by atoms with Crippen molar-refractivity contribution >= 4 is 8.32 Å². The van der Waals surface area contributed by atoms with E-state index >= 15 is 0 Å². The zero-order chi connectivity index (χ0) is 25.1. The summed E-state index contributed by atoms with van der Waals surface area (Å²) in [5, 5.41) is 0.237. The predicted molar refractivity (Wildman–Crippen MR) is 149 cm³/mol. The molecule has 1 fully saturated rings. The molecule has 1 atom stereocenters. The summed E-state index contributed by atoms with van der Waals surface area (Å²) in [6.07, 6.45) is 26.7. The van der Waals surface area contributed by atoms with E-state index in [0.717, 1.165) is 71.0 Å². The minimum Gasteiger partial charge on any atom is -0.414 e. The van der Waals surface area contributed by atoms with Gasteiger partial charge in [0, 0.05) is 25.4 Å². The van der Waals surface area contributed by atoms with Crippen molar-refractivity contribution in [1.82, 2.24) is 0 Å². The maximum atomic E-state index is 6.67. The third-order valence-corrected chi connectivity index (χ3v) is 10.8. The van der Waals surface area contributed by atoms with Crippen LogP contribution < -0.4 is 0 Å². The molecule has 1 saturated heterocycles. The minimum absolute atomic E-state index is 0.00779. The number of hydrogen-bond donors (Lipinski definition) is 0. The molecule has 0 N–H and O–H groups in total. The van der Waals surface area contributed by atoms with Crippen LogP contribution in [0.15, 0.2) is 48.6 Å². The van der Waals surface area contributed by atoms with Crippen molar-refractivity contribution in [3.8, 4) is 11.8 Å². The first-order valence-corrected chi connectivity index (χ1v) is 16.1. The highest BCUT2D eigenvalue weighted by Gasteiger charge is 2.38. The third kappa shape index (κ3) is 14.8. The second-order valence-corrected chi connectivity index (χ2v) is 15.1. The van der Waals surface area contributed by atoms with E-state index < -0.39 is 8.32 Å².